The molecule has 3 heteroatoms. The summed E-state index contributed by atoms with van der Waals surface area (Å²) in [5, 5.41) is 0. The van der Waals surface area contributed by atoms with Gasteiger partial charge in [-0.15, -0.1) is 0 Å². The van der Waals surface area contributed by atoms with Crippen LogP contribution in [0.4, 0.5) is 0 Å². The Labute approximate surface area is 77.9 Å². The van der Waals surface area contributed by atoms with E-state index < -0.39 is 0 Å². The van der Waals surface area contributed by atoms with Crippen molar-refractivity contribution in [3.8, 4) is 0 Å². The lowest BCUT2D eigenvalue weighted by atomic mass is 10.1. The fourth-order valence-electron chi connectivity index (χ4n) is 1.70. The molecule has 2 unspecified atom stereocenters. The van der Waals surface area contributed by atoms with Crippen LogP contribution in [0.25, 0.3) is 0 Å². The van der Waals surface area contributed by atoms with Crippen LogP contribution in [0.15, 0.2) is 22.8 Å². The fraction of sp³-hybridized carbons (Fsp3) is 0.600. The summed E-state index contributed by atoms with van der Waals surface area (Å²) in [5.41, 5.74) is 6.02. The third kappa shape index (κ3) is 1.76. The quantitative estimate of drug-likeness (QED) is 0.769. The number of nitrogens with two attached hydrogens (primary N) is 1. The van der Waals surface area contributed by atoms with Gasteiger partial charge in [-0.05, 0) is 30.9 Å². The van der Waals surface area contributed by atoms with E-state index in [-0.39, 0.29) is 12.1 Å². The molecule has 0 aliphatic heterocycles. The normalized spacial score (nSPS) is 21.4. The highest BCUT2D eigenvalue weighted by atomic mass is 16.5. The van der Waals surface area contributed by atoms with E-state index in [9.17, 15) is 0 Å². The van der Waals surface area contributed by atoms with E-state index in [4.69, 9.17) is 14.9 Å². The molecule has 0 aromatic carbocycles. The van der Waals surface area contributed by atoms with Crippen LogP contribution in [0.1, 0.15) is 24.6 Å². The fourth-order valence-corrected chi connectivity index (χ4v) is 1.70. The van der Waals surface area contributed by atoms with E-state index in [1.165, 1.54) is 12.8 Å². The molecule has 2 rings (SSSR count). The average molecular weight is 181 g/mol. The van der Waals surface area contributed by atoms with Crippen molar-refractivity contribution in [3.05, 3.63) is 24.2 Å². The first-order chi connectivity index (χ1) is 6.33. The highest BCUT2D eigenvalue weighted by molar-refractivity contribution is 5.07. The van der Waals surface area contributed by atoms with Crippen LogP contribution in [-0.2, 0) is 4.74 Å². The topological polar surface area (TPSA) is 48.4 Å². The Morgan fingerprint density at radius 3 is 2.85 bits per heavy atom. The van der Waals surface area contributed by atoms with Crippen LogP contribution in [0.5, 0.6) is 0 Å². The summed E-state index contributed by atoms with van der Waals surface area (Å²) < 4.78 is 10.6. The molecule has 13 heavy (non-hydrogen) atoms. The van der Waals surface area contributed by atoms with Crippen LogP contribution in [0.3, 0.4) is 0 Å². The third-order valence-corrected chi connectivity index (χ3v) is 2.58. The number of furan rings is 1. The number of hydrogen-bond donors (Lipinski definition) is 1. The molecule has 1 aliphatic carbocycles. The predicted molar refractivity (Wildman–Crippen MR) is 49.2 cm³/mol. The molecule has 1 saturated carbocycles. The van der Waals surface area contributed by atoms with E-state index in [0.29, 0.717) is 5.92 Å². The van der Waals surface area contributed by atoms with Crippen molar-refractivity contribution >= 4 is 0 Å². The molecule has 0 amide bonds. The highest BCUT2D eigenvalue weighted by Crippen LogP contribution is 2.38. The maximum Gasteiger partial charge on any atom is 0.123 e. The first-order valence-electron chi connectivity index (χ1n) is 4.64. The molecule has 1 heterocycles. The minimum absolute atomic E-state index is 0.117. The lowest BCUT2D eigenvalue weighted by molar-refractivity contribution is 0.0564. The van der Waals surface area contributed by atoms with Gasteiger partial charge in [-0.3, -0.25) is 0 Å². The van der Waals surface area contributed by atoms with Gasteiger partial charge in [-0.1, -0.05) is 0 Å². The average Bonchev–Trinajstić information content (AvgIpc) is 2.83. The Morgan fingerprint density at radius 1 is 1.62 bits per heavy atom. The molecule has 1 aromatic rings. The summed E-state index contributed by atoms with van der Waals surface area (Å²) >= 11 is 0. The van der Waals surface area contributed by atoms with Crippen LogP contribution in [0.2, 0.25) is 0 Å². The van der Waals surface area contributed by atoms with Crippen LogP contribution < -0.4 is 5.73 Å². The summed E-state index contributed by atoms with van der Waals surface area (Å²) in [5.74, 6) is 1.45. The van der Waals surface area contributed by atoms with E-state index in [0.717, 1.165) is 5.76 Å². The highest BCUT2D eigenvalue weighted by Gasteiger charge is 2.36. The SMILES string of the molecule is COC(C1CC1)C(N)c1ccco1. The Morgan fingerprint density at radius 2 is 2.38 bits per heavy atom. The second-order valence-corrected chi connectivity index (χ2v) is 3.58. The van der Waals surface area contributed by atoms with Gasteiger partial charge >= 0.3 is 0 Å². The summed E-state index contributed by atoms with van der Waals surface area (Å²) in [7, 11) is 1.71. The summed E-state index contributed by atoms with van der Waals surface area (Å²) in [6.07, 6.45) is 4.22. The molecule has 0 radical (unpaired) electrons. The molecular formula is C10H15NO2. The second-order valence-electron chi connectivity index (χ2n) is 3.58. The molecule has 2 N–H and O–H groups in total. The number of ether oxygens (including phenoxy) is 1. The van der Waals surface area contributed by atoms with Crippen molar-refractivity contribution in [2.75, 3.05) is 7.11 Å². The van der Waals surface area contributed by atoms with Crippen molar-refractivity contribution in [1.82, 2.24) is 0 Å². The smallest absolute Gasteiger partial charge is 0.123 e. The maximum absolute atomic E-state index is 6.02. The van der Waals surface area contributed by atoms with E-state index in [1.54, 1.807) is 13.4 Å². The van der Waals surface area contributed by atoms with Crippen LogP contribution in [0, 0.1) is 5.92 Å². The van der Waals surface area contributed by atoms with Gasteiger partial charge in [0.2, 0.25) is 0 Å². The summed E-state index contributed by atoms with van der Waals surface area (Å²) in [4.78, 5) is 0. The molecule has 0 spiro atoms. The summed E-state index contributed by atoms with van der Waals surface area (Å²) in [6, 6.07) is 3.64. The first-order valence-corrected chi connectivity index (χ1v) is 4.64. The molecule has 2 atom stereocenters. The monoisotopic (exact) mass is 181 g/mol. The van der Waals surface area contributed by atoms with Gasteiger partial charge in [0.25, 0.3) is 0 Å². The Hall–Kier alpha value is -0.800. The molecule has 0 bridgehead atoms. The standard InChI is InChI=1S/C10H15NO2/c1-12-10(7-4-5-7)9(11)8-3-2-6-13-8/h2-3,6-7,9-10H,4-5,11H2,1H3. The number of hydrogen-bond acceptors (Lipinski definition) is 3. The third-order valence-electron chi connectivity index (χ3n) is 2.58. The molecule has 72 valence electrons. The van der Waals surface area contributed by atoms with Gasteiger partial charge in [0.1, 0.15) is 5.76 Å². The number of methoxy groups -OCH3 is 1. The molecular weight excluding hydrogens is 166 g/mol. The Kier molecular flexibility index (Phi) is 2.38. The van der Waals surface area contributed by atoms with E-state index in [2.05, 4.69) is 0 Å². The Balaban J connectivity index is 2.05. The van der Waals surface area contributed by atoms with Gasteiger partial charge in [0.15, 0.2) is 0 Å². The van der Waals surface area contributed by atoms with Gasteiger partial charge in [-0.25, -0.2) is 0 Å². The zero-order valence-electron chi connectivity index (χ0n) is 7.77. The molecule has 1 aliphatic rings. The Bertz CT molecular complexity index is 254. The van der Waals surface area contributed by atoms with Gasteiger partial charge in [0.05, 0.1) is 18.4 Å². The molecule has 3 nitrogen and oxygen atoms in total. The second kappa shape index (κ2) is 3.52. The maximum atomic E-state index is 6.02. The zero-order valence-corrected chi connectivity index (χ0v) is 7.77. The summed E-state index contributed by atoms with van der Waals surface area (Å²) in [6.45, 7) is 0. The van der Waals surface area contributed by atoms with Crippen molar-refractivity contribution in [2.24, 2.45) is 11.7 Å². The minimum atomic E-state index is -0.118. The predicted octanol–water partition coefficient (Wildman–Crippen LogP) is 1.70. The molecule has 1 fully saturated rings. The lowest BCUT2D eigenvalue weighted by Gasteiger charge is -2.20. The zero-order chi connectivity index (χ0) is 9.26. The van der Waals surface area contributed by atoms with Crippen LogP contribution >= 0.6 is 0 Å². The van der Waals surface area contributed by atoms with Crippen LogP contribution in [-0.4, -0.2) is 13.2 Å². The van der Waals surface area contributed by atoms with Gasteiger partial charge in [0, 0.05) is 7.11 Å². The largest absolute Gasteiger partial charge is 0.468 e. The molecule has 0 saturated heterocycles. The van der Waals surface area contributed by atoms with Crippen molar-refractivity contribution < 1.29 is 9.15 Å². The van der Waals surface area contributed by atoms with Gasteiger partial charge in [-0.2, -0.15) is 0 Å². The van der Waals surface area contributed by atoms with Crippen molar-refractivity contribution in [1.29, 1.82) is 0 Å². The van der Waals surface area contributed by atoms with Gasteiger partial charge < -0.3 is 14.9 Å². The van der Waals surface area contributed by atoms with E-state index in [1.807, 2.05) is 12.1 Å². The first kappa shape index (κ1) is 8.78. The lowest BCUT2D eigenvalue weighted by Crippen LogP contribution is -2.29. The number of rotatable bonds is 4. The van der Waals surface area contributed by atoms with Crippen molar-refractivity contribution in [2.45, 2.75) is 25.0 Å². The minimum Gasteiger partial charge on any atom is -0.468 e. The van der Waals surface area contributed by atoms with Crippen molar-refractivity contribution in [3.63, 3.8) is 0 Å². The van der Waals surface area contributed by atoms with E-state index >= 15 is 0 Å². The molecule has 1 aromatic heterocycles.